The number of hydrogen-bond donors (Lipinski definition) is 0. The average Bonchev–Trinajstić information content (AvgIpc) is 2.34. The van der Waals surface area contributed by atoms with Crippen LogP contribution in [0.4, 0.5) is 43.9 Å². The molecule has 0 saturated carbocycles. The maximum Gasteiger partial charge on any atom is 0.525 e. The second kappa shape index (κ2) is 4.34. The van der Waals surface area contributed by atoms with Crippen LogP contribution in [0.5, 0.6) is 0 Å². The molecule has 0 amide bonds. The van der Waals surface area contributed by atoms with Gasteiger partial charge in [0.1, 0.15) is 0 Å². The Bertz CT molecular complexity index is 357. The zero-order valence-electron chi connectivity index (χ0n) is 9.08. The van der Waals surface area contributed by atoms with Gasteiger partial charge in [0.2, 0.25) is 5.79 Å². The van der Waals surface area contributed by atoms with Crippen molar-refractivity contribution in [1.29, 1.82) is 0 Å². The van der Waals surface area contributed by atoms with Gasteiger partial charge in [0.25, 0.3) is 6.36 Å². The van der Waals surface area contributed by atoms with Gasteiger partial charge >= 0.3 is 24.5 Å². The van der Waals surface area contributed by atoms with Crippen molar-refractivity contribution < 1.29 is 58.1 Å². The van der Waals surface area contributed by atoms with E-state index in [4.69, 9.17) is 0 Å². The van der Waals surface area contributed by atoms with E-state index in [2.05, 4.69) is 14.2 Å². The first-order valence-electron chi connectivity index (χ1n) is 4.46. The highest BCUT2D eigenvalue weighted by atomic mass is 19.4. The predicted octanol–water partition coefficient (Wildman–Crippen LogP) is 3.40. The molecule has 13 heteroatoms. The third-order valence-corrected chi connectivity index (χ3v) is 2.09. The molecule has 0 N–H and O–H groups in total. The van der Waals surface area contributed by atoms with E-state index in [1.54, 1.807) is 0 Å². The average molecular weight is 326 g/mol. The molecule has 1 aliphatic rings. The van der Waals surface area contributed by atoms with Crippen LogP contribution < -0.4 is 0 Å². The molecule has 20 heavy (non-hydrogen) atoms. The zero-order chi connectivity index (χ0) is 16.2. The minimum absolute atomic E-state index is 0.107. The van der Waals surface area contributed by atoms with Gasteiger partial charge in [0.15, 0.2) is 0 Å². The summed E-state index contributed by atoms with van der Waals surface area (Å²) in [5.41, 5.74) is 0. The van der Waals surface area contributed by atoms with Gasteiger partial charge in [-0.2, -0.15) is 26.3 Å². The van der Waals surface area contributed by atoms with Crippen LogP contribution in [0.15, 0.2) is 0 Å². The number of hydrogen-bond acceptors (Lipinski definition) is 3. The SMILES string of the molecule is CC1(OC(F)(F)F)OC(C(F)(F)F)(C(F)(F)F)OC1F. The topological polar surface area (TPSA) is 27.7 Å². The normalized spacial score (nSPS) is 31.6. The van der Waals surface area contributed by atoms with Crippen LogP contribution in [0.25, 0.3) is 0 Å². The van der Waals surface area contributed by atoms with Crippen molar-refractivity contribution in [2.24, 2.45) is 0 Å². The molecule has 0 radical (unpaired) electrons. The van der Waals surface area contributed by atoms with Crippen molar-refractivity contribution >= 4 is 0 Å². The molecule has 0 spiro atoms. The maximum atomic E-state index is 13.1. The highest BCUT2D eigenvalue weighted by molar-refractivity contribution is 4.96. The zero-order valence-corrected chi connectivity index (χ0v) is 9.08. The number of rotatable bonds is 1. The van der Waals surface area contributed by atoms with E-state index in [0.29, 0.717) is 0 Å². The van der Waals surface area contributed by atoms with Gasteiger partial charge in [0, 0.05) is 0 Å². The third-order valence-electron chi connectivity index (χ3n) is 2.09. The third kappa shape index (κ3) is 2.79. The monoisotopic (exact) mass is 326 g/mol. The largest absolute Gasteiger partial charge is 0.525 e. The lowest BCUT2D eigenvalue weighted by Gasteiger charge is -2.32. The highest BCUT2D eigenvalue weighted by Crippen LogP contribution is 2.55. The second-order valence-corrected chi connectivity index (χ2v) is 3.71. The molecular formula is C7H4F10O3. The molecule has 1 heterocycles. The summed E-state index contributed by atoms with van der Waals surface area (Å²) < 4.78 is 132. The van der Waals surface area contributed by atoms with Gasteiger partial charge in [-0.05, 0) is 6.92 Å². The number of halogens is 10. The summed E-state index contributed by atoms with van der Waals surface area (Å²) in [5.74, 6) is -9.53. The summed E-state index contributed by atoms with van der Waals surface area (Å²) in [5, 5.41) is 0. The highest BCUT2D eigenvalue weighted by Gasteiger charge is 2.82. The van der Waals surface area contributed by atoms with E-state index in [1.165, 1.54) is 0 Å². The lowest BCUT2D eigenvalue weighted by atomic mass is 10.2. The lowest BCUT2D eigenvalue weighted by molar-refractivity contribution is -0.477. The summed E-state index contributed by atoms with van der Waals surface area (Å²) in [6.07, 6.45) is -22.3. The minimum Gasteiger partial charge on any atom is -0.297 e. The molecule has 3 nitrogen and oxygen atoms in total. The molecular weight excluding hydrogens is 322 g/mol. The van der Waals surface area contributed by atoms with Crippen molar-refractivity contribution in [1.82, 2.24) is 0 Å². The van der Waals surface area contributed by atoms with Crippen molar-refractivity contribution in [2.75, 3.05) is 0 Å². The molecule has 0 aromatic heterocycles. The van der Waals surface area contributed by atoms with Crippen LogP contribution in [0.1, 0.15) is 6.92 Å². The number of ether oxygens (including phenoxy) is 3. The molecule has 0 aromatic rings. The molecule has 0 aromatic carbocycles. The Hall–Kier alpha value is -0.820. The molecule has 2 atom stereocenters. The summed E-state index contributed by atoms with van der Waals surface area (Å²) in [7, 11) is 0. The van der Waals surface area contributed by atoms with Gasteiger partial charge in [-0.15, -0.1) is 13.2 Å². The van der Waals surface area contributed by atoms with Gasteiger partial charge in [-0.25, -0.2) is 4.39 Å². The molecule has 0 bridgehead atoms. The van der Waals surface area contributed by atoms with E-state index >= 15 is 0 Å². The molecule has 1 fully saturated rings. The van der Waals surface area contributed by atoms with Gasteiger partial charge in [-0.3, -0.25) is 14.2 Å². The maximum absolute atomic E-state index is 13.1. The second-order valence-electron chi connectivity index (χ2n) is 3.71. The molecule has 2 unspecified atom stereocenters. The van der Waals surface area contributed by atoms with Crippen LogP contribution in [0, 0.1) is 0 Å². The standard InChI is InChI=1S/C7H4F10O3/c1-3(20-7(15,16)17)2(8)18-4(19-3,5(9,10)11)6(12,13)14/h2H,1H3. The van der Waals surface area contributed by atoms with E-state index in [0.717, 1.165) is 0 Å². The van der Waals surface area contributed by atoms with Crippen LogP contribution in [-0.2, 0) is 14.2 Å². The Labute approximate surface area is 103 Å². The molecule has 0 aliphatic carbocycles. The van der Waals surface area contributed by atoms with Gasteiger partial charge in [-0.1, -0.05) is 0 Å². The van der Waals surface area contributed by atoms with Gasteiger partial charge in [0.05, 0.1) is 0 Å². The van der Waals surface area contributed by atoms with Crippen LogP contribution >= 0.6 is 0 Å². The fraction of sp³-hybridized carbons (Fsp3) is 1.00. The molecule has 120 valence electrons. The molecule has 1 aliphatic heterocycles. The van der Waals surface area contributed by atoms with Crippen LogP contribution in [0.3, 0.4) is 0 Å². The fourth-order valence-electron chi connectivity index (χ4n) is 1.32. The first-order valence-corrected chi connectivity index (χ1v) is 4.46. The minimum atomic E-state index is -6.39. The first-order chi connectivity index (χ1) is 8.54. The Morgan fingerprint density at radius 3 is 1.55 bits per heavy atom. The van der Waals surface area contributed by atoms with Crippen LogP contribution in [-0.4, -0.2) is 36.6 Å². The van der Waals surface area contributed by atoms with E-state index in [-0.39, 0.29) is 6.92 Å². The van der Waals surface area contributed by atoms with E-state index < -0.39 is 36.6 Å². The number of alkyl halides is 10. The Kier molecular flexibility index (Phi) is 3.74. The van der Waals surface area contributed by atoms with Gasteiger partial charge < -0.3 is 0 Å². The summed E-state index contributed by atoms with van der Waals surface area (Å²) >= 11 is 0. The van der Waals surface area contributed by atoms with E-state index in [1.807, 2.05) is 0 Å². The van der Waals surface area contributed by atoms with Crippen molar-refractivity contribution in [3.63, 3.8) is 0 Å². The smallest absolute Gasteiger partial charge is 0.297 e. The summed E-state index contributed by atoms with van der Waals surface area (Å²) in [6, 6.07) is 0. The predicted molar refractivity (Wildman–Crippen MR) is 37.5 cm³/mol. The quantitative estimate of drug-likeness (QED) is 0.691. The van der Waals surface area contributed by atoms with Crippen LogP contribution in [0.2, 0.25) is 0 Å². The fourth-order valence-corrected chi connectivity index (χ4v) is 1.32. The molecule has 1 saturated heterocycles. The summed E-state index contributed by atoms with van der Waals surface area (Å²) in [4.78, 5) is 0. The Balaban J connectivity index is 3.23. The lowest BCUT2D eigenvalue weighted by Crippen LogP contribution is -2.59. The van der Waals surface area contributed by atoms with Crippen molar-refractivity contribution in [3.8, 4) is 0 Å². The van der Waals surface area contributed by atoms with Crippen molar-refractivity contribution in [2.45, 2.75) is 43.6 Å². The van der Waals surface area contributed by atoms with E-state index in [9.17, 15) is 43.9 Å². The summed E-state index contributed by atoms with van der Waals surface area (Å²) in [6.45, 7) is -0.107. The van der Waals surface area contributed by atoms with Crippen molar-refractivity contribution in [3.05, 3.63) is 0 Å². The first kappa shape index (κ1) is 17.2. The Morgan fingerprint density at radius 1 is 0.900 bits per heavy atom. The Morgan fingerprint density at radius 2 is 1.30 bits per heavy atom. The molecule has 1 rings (SSSR count).